The zero-order chi connectivity index (χ0) is 23.4. The summed E-state index contributed by atoms with van der Waals surface area (Å²) < 4.78 is 25.9. The Morgan fingerprint density at radius 3 is 2.45 bits per heavy atom. The second kappa shape index (κ2) is 10.1. The van der Waals surface area contributed by atoms with Crippen molar-refractivity contribution in [2.75, 3.05) is 4.31 Å². The average Bonchev–Trinajstić information content (AvgIpc) is 2.83. The van der Waals surface area contributed by atoms with Gasteiger partial charge in [0.1, 0.15) is 0 Å². The number of halogens is 1. The molecule has 168 valence electrons. The lowest BCUT2D eigenvalue weighted by Crippen LogP contribution is -2.30. The number of amides is 1. The molecule has 4 rings (SSSR count). The van der Waals surface area contributed by atoms with Crippen molar-refractivity contribution in [2.45, 2.75) is 19.4 Å². The van der Waals surface area contributed by atoms with E-state index in [-0.39, 0.29) is 23.2 Å². The first-order chi connectivity index (χ1) is 16.0. The van der Waals surface area contributed by atoms with Crippen molar-refractivity contribution < 1.29 is 13.6 Å². The summed E-state index contributed by atoms with van der Waals surface area (Å²) in [6.07, 6.45) is 2.26. The Bertz CT molecular complexity index is 1310. The molecule has 0 saturated carbocycles. The van der Waals surface area contributed by atoms with Gasteiger partial charge in [0, 0.05) is 16.6 Å². The quantitative estimate of drug-likeness (QED) is 0.345. The van der Waals surface area contributed by atoms with Crippen molar-refractivity contribution in [1.29, 1.82) is 0 Å². The van der Waals surface area contributed by atoms with E-state index in [1.165, 1.54) is 0 Å². The van der Waals surface area contributed by atoms with Gasteiger partial charge in [-0.2, -0.15) is 0 Å². The molecule has 0 spiro atoms. The second-order valence-corrected chi connectivity index (χ2v) is 8.60. The third kappa shape index (κ3) is 4.90. The monoisotopic (exact) mass is 478 g/mol. The maximum Gasteiger partial charge on any atom is 0.253 e. The molecule has 1 N–H and O–H groups in total. The number of rotatable bonds is 7. The first-order valence-electron chi connectivity index (χ1n) is 10.4. The zero-order valence-electron chi connectivity index (χ0n) is 17.8. The highest BCUT2D eigenvalue weighted by Crippen LogP contribution is 2.34. The van der Waals surface area contributed by atoms with Gasteiger partial charge in [0.2, 0.25) is 0 Å². The van der Waals surface area contributed by atoms with E-state index in [2.05, 4.69) is 10.3 Å². The summed E-state index contributed by atoms with van der Waals surface area (Å²) in [5.41, 5.74) is 2.28. The minimum Gasteiger partial charge on any atom is -0.755 e. The van der Waals surface area contributed by atoms with E-state index < -0.39 is 11.3 Å². The number of carbonyl (C=O) groups is 1. The van der Waals surface area contributed by atoms with Gasteiger partial charge in [-0.15, -0.1) is 0 Å². The minimum atomic E-state index is -2.69. The minimum absolute atomic E-state index is 0.238. The van der Waals surface area contributed by atoms with Gasteiger partial charge in [-0.1, -0.05) is 61.0 Å². The Kier molecular flexibility index (Phi) is 7.03. The number of hydrogen-bond acceptors (Lipinski definition) is 4. The van der Waals surface area contributed by atoms with Crippen LogP contribution >= 0.6 is 11.6 Å². The van der Waals surface area contributed by atoms with Crippen molar-refractivity contribution in [2.24, 2.45) is 0 Å². The van der Waals surface area contributed by atoms with Crippen LogP contribution in [0, 0.1) is 0 Å². The molecule has 0 bridgehead atoms. The van der Waals surface area contributed by atoms with Crippen LogP contribution in [0.5, 0.6) is 0 Å². The number of carbonyl (C=O) groups excluding carboxylic acids is 1. The van der Waals surface area contributed by atoms with Gasteiger partial charge in [-0.25, -0.2) is 0 Å². The lowest BCUT2D eigenvalue weighted by atomic mass is 10.0. The van der Waals surface area contributed by atoms with E-state index >= 15 is 0 Å². The summed E-state index contributed by atoms with van der Waals surface area (Å²) in [5.74, 6) is -0.379. The van der Waals surface area contributed by atoms with Crippen LogP contribution < -0.4 is 9.62 Å². The number of benzene rings is 3. The molecule has 0 aliphatic rings. The van der Waals surface area contributed by atoms with E-state index in [0.29, 0.717) is 22.6 Å². The van der Waals surface area contributed by atoms with Crippen LogP contribution in [0.15, 0.2) is 85.1 Å². The van der Waals surface area contributed by atoms with Gasteiger partial charge in [-0.3, -0.25) is 18.3 Å². The van der Waals surface area contributed by atoms with Crippen molar-refractivity contribution in [3.63, 3.8) is 0 Å². The molecular formula is C25H21ClN3O3S-. The normalized spacial score (nSPS) is 12.8. The molecule has 0 aliphatic carbocycles. The Balaban J connectivity index is 1.74. The molecule has 33 heavy (non-hydrogen) atoms. The molecule has 8 heteroatoms. The van der Waals surface area contributed by atoms with Crippen LogP contribution in [0.2, 0.25) is 5.02 Å². The Labute approximate surface area is 199 Å². The summed E-state index contributed by atoms with van der Waals surface area (Å²) in [5, 5.41) is 4.42. The topological polar surface area (TPSA) is 85.4 Å². The van der Waals surface area contributed by atoms with Crippen LogP contribution in [0.4, 0.5) is 11.4 Å². The van der Waals surface area contributed by atoms with E-state index in [1.54, 1.807) is 60.8 Å². The lowest BCUT2D eigenvalue weighted by molar-refractivity contribution is 0.0936. The van der Waals surface area contributed by atoms with E-state index in [4.69, 9.17) is 11.6 Å². The zero-order valence-corrected chi connectivity index (χ0v) is 19.3. The molecule has 1 heterocycles. The number of para-hydroxylation sites is 2. The average molecular weight is 479 g/mol. The summed E-state index contributed by atoms with van der Waals surface area (Å²) in [6, 6.07) is 22.6. The molecule has 0 radical (unpaired) electrons. The smallest absolute Gasteiger partial charge is 0.253 e. The van der Waals surface area contributed by atoms with E-state index in [0.717, 1.165) is 15.3 Å². The molecular weight excluding hydrogens is 458 g/mol. The predicted octanol–water partition coefficient (Wildman–Crippen LogP) is 5.70. The molecule has 2 unspecified atom stereocenters. The van der Waals surface area contributed by atoms with Crippen molar-refractivity contribution >= 4 is 51.1 Å². The number of anilines is 2. The highest BCUT2D eigenvalue weighted by molar-refractivity contribution is 7.81. The van der Waals surface area contributed by atoms with Gasteiger partial charge >= 0.3 is 0 Å². The maximum absolute atomic E-state index is 13.3. The van der Waals surface area contributed by atoms with Gasteiger partial charge in [0.05, 0.1) is 39.8 Å². The third-order valence-electron chi connectivity index (χ3n) is 5.33. The first kappa shape index (κ1) is 22.9. The standard InChI is InChI=1S/C25H22ClN3O3S/c1-2-21(17-12-14-19(26)15-13-17)28-25(30)20-9-3-4-10-22(20)29(33(31)32)23-11-5-7-18-8-6-16-27-24(18)23/h3-16,21H,2H2,1H3,(H,28,30)(H,31,32)/p-1. The lowest BCUT2D eigenvalue weighted by Gasteiger charge is -2.29. The Hall–Kier alpha value is -3.26. The van der Waals surface area contributed by atoms with Crippen LogP contribution in [-0.4, -0.2) is 19.7 Å². The van der Waals surface area contributed by atoms with E-state index in [9.17, 15) is 13.6 Å². The number of fused-ring (bicyclic) bond motifs is 1. The van der Waals surface area contributed by atoms with Gasteiger partial charge in [0.15, 0.2) is 0 Å². The first-order valence-corrected chi connectivity index (χ1v) is 11.8. The SMILES string of the molecule is CCC(NC(=O)c1ccccc1N(c1cccc2cccnc12)S(=O)[O-])c1ccc(Cl)cc1. The van der Waals surface area contributed by atoms with E-state index in [1.807, 2.05) is 31.2 Å². The second-order valence-electron chi connectivity index (χ2n) is 7.37. The summed E-state index contributed by atoms with van der Waals surface area (Å²) >= 11 is 3.30. The highest BCUT2D eigenvalue weighted by Gasteiger charge is 2.22. The number of pyridine rings is 1. The molecule has 6 nitrogen and oxygen atoms in total. The van der Waals surface area contributed by atoms with Crippen LogP contribution in [0.3, 0.4) is 0 Å². The maximum atomic E-state index is 13.3. The van der Waals surface area contributed by atoms with Gasteiger partial charge in [0.25, 0.3) is 5.91 Å². The third-order valence-corrected chi connectivity index (χ3v) is 6.28. The molecule has 3 aromatic carbocycles. The van der Waals surface area contributed by atoms with Crippen LogP contribution in [0.1, 0.15) is 35.3 Å². The number of hydrogen-bond donors (Lipinski definition) is 1. The molecule has 2 atom stereocenters. The summed E-state index contributed by atoms with van der Waals surface area (Å²) in [4.78, 5) is 17.7. The fraction of sp³-hybridized carbons (Fsp3) is 0.120. The number of nitrogens with zero attached hydrogens (tertiary/aromatic N) is 2. The predicted molar refractivity (Wildman–Crippen MR) is 131 cm³/mol. The fourth-order valence-corrected chi connectivity index (χ4v) is 4.49. The van der Waals surface area contributed by atoms with Gasteiger partial charge in [-0.05, 0) is 48.4 Å². The molecule has 0 fully saturated rings. The molecule has 0 aliphatic heterocycles. The molecule has 1 aromatic heterocycles. The Morgan fingerprint density at radius 2 is 1.73 bits per heavy atom. The van der Waals surface area contributed by atoms with Crippen LogP contribution in [-0.2, 0) is 11.3 Å². The summed E-state index contributed by atoms with van der Waals surface area (Å²) in [7, 11) is 0. The molecule has 1 amide bonds. The largest absolute Gasteiger partial charge is 0.755 e. The van der Waals surface area contributed by atoms with Crippen molar-refractivity contribution in [3.8, 4) is 0 Å². The number of nitrogens with one attached hydrogen (secondary N) is 1. The molecule has 4 aromatic rings. The van der Waals surface area contributed by atoms with Gasteiger partial charge < -0.3 is 9.87 Å². The highest BCUT2D eigenvalue weighted by atomic mass is 35.5. The van der Waals surface area contributed by atoms with Crippen molar-refractivity contribution in [1.82, 2.24) is 10.3 Å². The summed E-state index contributed by atoms with van der Waals surface area (Å²) in [6.45, 7) is 1.96. The Morgan fingerprint density at radius 1 is 1.03 bits per heavy atom. The van der Waals surface area contributed by atoms with Crippen LogP contribution in [0.25, 0.3) is 10.9 Å². The fourth-order valence-electron chi connectivity index (χ4n) is 3.74. The van der Waals surface area contributed by atoms with Crippen molar-refractivity contribution in [3.05, 3.63) is 101 Å². The number of aromatic nitrogens is 1. The molecule has 0 saturated heterocycles.